The molecule has 9 heteroatoms. The summed E-state index contributed by atoms with van der Waals surface area (Å²) in [5.74, 6) is -0.0579. The van der Waals surface area contributed by atoms with E-state index in [-0.39, 0.29) is 18.7 Å². The molecule has 0 fully saturated rings. The molecule has 0 aliphatic heterocycles. The van der Waals surface area contributed by atoms with E-state index in [1.54, 1.807) is 49.4 Å². The number of imidazole rings is 1. The van der Waals surface area contributed by atoms with Crippen molar-refractivity contribution in [2.75, 3.05) is 18.5 Å². The molecular formula is C25H25ClN4O4. The van der Waals surface area contributed by atoms with Gasteiger partial charge in [0.05, 0.1) is 35.0 Å². The summed E-state index contributed by atoms with van der Waals surface area (Å²) in [6.07, 6.45) is 1.34. The minimum atomic E-state index is -0.833. The number of halogens is 1. The Balaban J connectivity index is 1.70. The van der Waals surface area contributed by atoms with Gasteiger partial charge in [-0.3, -0.25) is 4.79 Å². The third-order valence-electron chi connectivity index (χ3n) is 5.47. The second-order valence-corrected chi connectivity index (χ2v) is 8.17. The van der Waals surface area contributed by atoms with Gasteiger partial charge < -0.3 is 25.1 Å². The van der Waals surface area contributed by atoms with Crippen LogP contribution in [0, 0.1) is 0 Å². The number of benzene rings is 2. The summed E-state index contributed by atoms with van der Waals surface area (Å²) in [6, 6.07) is 12.1. The van der Waals surface area contributed by atoms with Crippen LogP contribution in [0.2, 0.25) is 5.02 Å². The molecule has 0 saturated carbocycles. The zero-order chi connectivity index (χ0) is 24.2. The van der Waals surface area contributed by atoms with Crippen molar-refractivity contribution >= 4 is 34.3 Å². The molecule has 4 N–H and O–H groups in total. The Labute approximate surface area is 201 Å². The molecule has 2 aromatic heterocycles. The first-order chi connectivity index (χ1) is 16.4. The number of aliphatic hydroxyl groups is 1. The van der Waals surface area contributed by atoms with E-state index in [0.717, 1.165) is 5.56 Å². The number of carbonyl (C=O) groups is 1. The van der Waals surface area contributed by atoms with Crippen molar-refractivity contribution in [2.24, 2.45) is 0 Å². The van der Waals surface area contributed by atoms with Gasteiger partial charge in [-0.15, -0.1) is 0 Å². The quantitative estimate of drug-likeness (QED) is 0.276. The number of aromatic nitrogens is 3. The number of anilines is 1. The lowest BCUT2D eigenvalue weighted by Crippen LogP contribution is -2.17. The van der Waals surface area contributed by atoms with Crippen LogP contribution in [0.25, 0.3) is 22.4 Å². The van der Waals surface area contributed by atoms with Crippen LogP contribution in [0.4, 0.5) is 5.69 Å². The molecule has 4 rings (SSSR count). The highest BCUT2D eigenvalue weighted by atomic mass is 35.5. The van der Waals surface area contributed by atoms with E-state index in [0.29, 0.717) is 50.7 Å². The number of ether oxygens (including phenoxy) is 1. The van der Waals surface area contributed by atoms with Crippen LogP contribution in [0.15, 0.2) is 53.5 Å². The molecule has 8 nitrogen and oxygen atoms in total. The molecular weight excluding hydrogens is 456 g/mol. The van der Waals surface area contributed by atoms with E-state index in [2.05, 4.69) is 20.3 Å². The molecule has 4 aromatic rings. The predicted molar refractivity (Wildman–Crippen MR) is 132 cm³/mol. The van der Waals surface area contributed by atoms with E-state index < -0.39 is 12.1 Å². The van der Waals surface area contributed by atoms with Gasteiger partial charge in [0, 0.05) is 17.8 Å². The molecule has 0 spiro atoms. The Morgan fingerprint density at radius 3 is 2.79 bits per heavy atom. The van der Waals surface area contributed by atoms with Crippen molar-refractivity contribution in [1.82, 2.24) is 15.0 Å². The lowest BCUT2D eigenvalue weighted by molar-refractivity contribution is 0.0526. The molecule has 0 aliphatic carbocycles. The van der Waals surface area contributed by atoms with Gasteiger partial charge in [-0.2, -0.15) is 0 Å². The van der Waals surface area contributed by atoms with E-state index >= 15 is 0 Å². The van der Waals surface area contributed by atoms with Crippen molar-refractivity contribution in [3.63, 3.8) is 0 Å². The average molecular weight is 481 g/mol. The van der Waals surface area contributed by atoms with Crippen LogP contribution >= 0.6 is 11.6 Å². The number of hydrogen-bond donors (Lipinski definition) is 4. The van der Waals surface area contributed by atoms with Crippen LogP contribution in [0.5, 0.6) is 0 Å². The van der Waals surface area contributed by atoms with Gasteiger partial charge in [0.2, 0.25) is 0 Å². The second kappa shape index (κ2) is 10.1. The van der Waals surface area contributed by atoms with Crippen LogP contribution < -0.4 is 10.9 Å². The molecule has 1 atom stereocenters. The van der Waals surface area contributed by atoms with Crippen LogP contribution in [0.3, 0.4) is 0 Å². The molecule has 0 bridgehead atoms. The summed E-state index contributed by atoms with van der Waals surface area (Å²) in [7, 11) is 0. The summed E-state index contributed by atoms with van der Waals surface area (Å²) in [5.41, 5.74) is 3.72. The number of H-pyrrole nitrogens is 2. The highest BCUT2D eigenvalue weighted by molar-refractivity contribution is 6.30. The summed E-state index contributed by atoms with van der Waals surface area (Å²) < 4.78 is 5.13. The van der Waals surface area contributed by atoms with Crippen LogP contribution in [0.1, 0.15) is 41.4 Å². The molecule has 0 aliphatic rings. The molecule has 0 amide bonds. The first-order valence-electron chi connectivity index (χ1n) is 11.0. The van der Waals surface area contributed by atoms with Gasteiger partial charge in [-0.25, -0.2) is 9.78 Å². The number of fused-ring (bicyclic) bond motifs is 1. The number of rotatable bonds is 8. The summed E-state index contributed by atoms with van der Waals surface area (Å²) in [4.78, 5) is 35.6. The van der Waals surface area contributed by atoms with Crippen molar-refractivity contribution in [2.45, 2.75) is 26.4 Å². The lowest BCUT2D eigenvalue weighted by atomic mass is 10.1. The number of hydrogen-bond acceptors (Lipinski definition) is 6. The molecule has 0 saturated heterocycles. The molecule has 0 radical (unpaired) electrons. The standard InChI is InChI=1S/C25H25ClN4O4/c1-3-14-10-16(25(33)34-4-2)12-19-22(14)30-23(29-19)21-18(8-9-27-24(21)32)28-13-20(31)15-6-5-7-17(26)11-15/h5-12,20,31H,3-4,13H2,1-2H3,(H,29,30)(H2,27,28,32). The Morgan fingerprint density at radius 2 is 2.06 bits per heavy atom. The fourth-order valence-electron chi connectivity index (χ4n) is 3.81. The third kappa shape index (κ3) is 4.83. The monoisotopic (exact) mass is 480 g/mol. The third-order valence-corrected chi connectivity index (χ3v) is 5.71. The molecule has 176 valence electrons. The Hall–Kier alpha value is -3.62. The number of carbonyl (C=O) groups excluding carboxylic acids is 1. The van der Waals surface area contributed by atoms with Crippen molar-refractivity contribution in [3.05, 3.63) is 80.7 Å². The lowest BCUT2D eigenvalue weighted by Gasteiger charge is -2.15. The van der Waals surface area contributed by atoms with Gasteiger partial charge in [-0.1, -0.05) is 30.7 Å². The minimum Gasteiger partial charge on any atom is -0.462 e. The van der Waals surface area contributed by atoms with Gasteiger partial charge in [-0.05, 0) is 54.8 Å². The molecule has 1 unspecified atom stereocenters. The summed E-state index contributed by atoms with van der Waals surface area (Å²) in [5, 5.41) is 14.2. The zero-order valence-electron chi connectivity index (χ0n) is 18.8. The average Bonchev–Trinajstić information content (AvgIpc) is 3.25. The van der Waals surface area contributed by atoms with E-state index in [1.165, 1.54) is 6.20 Å². The van der Waals surface area contributed by atoms with Gasteiger partial charge in [0.15, 0.2) is 0 Å². The number of esters is 1. The van der Waals surface area contributed by atoms with Crippen molar-refractivity contribution in [1.29, 1.82) is 0 Å². The maximum Gasteiger partial charge on any atom is 0.338 e. The van der Waals surface area contributed by atoms with Gasteiger partial charge >= 0.3 is 5.97 Å². The van der Waals surface area contributed by atoms with Crippen molar-refractivity contribution in [3.8, 4) is 11.4 Å². The SMILES string of the molecule is CCOC(=O)c1cc(CC)c2nc(-c3c(NCC(O)c4cccc(Cl)c4)cc[nH]c3=O)[nH]c2c1. The smallest absolute Gasteiger partial charge is 0.338 e. The number of pyridine rings is 1. The van der Waals surface area contributed by atoms with E-state index in [1.807, 2.05) is 6.92 Å². The fraction of sp³-hybridized carbons (Fsp3) is 0.240. The highest BCUT2D eigenvalue weighted by Gasteiger charge is 2.19. The Morgan fingerprint density at radius 1 is 1.24 bits per heavy atom. The highest BCUT2D eigenvalue weighted by Crippen LogP contribution is 2.28. The number of nitrogens with zero attached hydrogens (tertiary/aromatic N) is 1. The molecule has 34 heavy (non-hydrogen) atoms. The van der Waals surface area contributed by atoms with Gasteiger partial charge in [0.1, 0.15) is 11.4 Å². The largest absolute Gasteiger partial charge is 0.462 e. The van der Waals surface area contributed by atoms with E-state index in [4.69, 9.17) is 16.3 Å². The molecule has 2 aromatic carbocycles. The van der Waals surface area contributed by atoms with E-state index in [9.17, 15) is 14.7 Å². The minimum absolute atomic E-state index is 0.157. The topological polar surface area (TPSA) is 120 Å². The number of aryl methyl sites for hydroxylation is 1. The van der Waals surface area contributed by atoms with Gasteiger partial charge in [0.25, 0.3) is 5.56 Å². The number of nitrogens with one attached hydrogen (secondary N) is 3. The first kappa shape index (κ1) is 23.5. The maximum atomic E-state index is 12.8. The van der Waals surface area contributed by atoms with Crippen molar-refractivity contribution < 1.29 is 14.6 Å². The normalized spacial score (nSPS) is 12.0. The Kier molecular flexibility index (Phi) is 7.00. The summed E-state index contributed by atoms with van der Waals surface area (Å²) in [6.45, 7) is 4.16. The van der Waals surface area contributed by atoms with Crippen LogP contribution in [-0.4, -0.2) is 39.2 Å². The number of aliphatic hydroxyl groups excluding tert-OH is 1. The summed E-state index contributed by atoms with van der Waals surface area (Å²) >= 11 is 6.03. The zero-order valence-corrected chi connectivity index (χ0v) is 19.6. The second-order valence-electron chi connectivity index (χ2n) is 7.74. The first-order valence-corrected chi connectivity index (χ1v) is 11.4. The number of aromatic amines is 2. The molecule has 2 heterocycles. The Bertz CT molecular complexity index is 1400. The predicted octanol–water partition coefficient (Wildman–Crippen LogP) is 4.46. The fourth-order valence-corrected chi connectivity index (χ4v) is 4.01. The van der Waals surface area contributed by atoms with Crippen LogP contribution in [-0.2, 0) is 11.2 Å². The maximum absolute atomic E-state index is 12.8.